The molecule has 5 nitrogen and oxygen atoms in total. The van der Waals surface area contributed by atoms with E-state index in [4.69, 9.17) is 4.74 Å². The molecule has 2 heterocycles. The minimum Gasteiger partial charge on any atom is -0.459 e. The van der Waals surface area contributed by atoms with Crippen molar-refractivity contribution in [3.8, 4) is 0 Å². The molecule has 1 aromatic carbocycles. The Morgan fingerprint density at radius 3 is 2.81 bits per heavy atom. The van der Waals surface area contributed by atoms with Crippen LogP contribution in [0.4, 0.5) is 4.39 Å². The van der Waals surface area contributed by atoms with Crippen LogP contribution in [0, 0.1) is 18.7 Å². The van der Waals surface area contributed by atoms with E-state index >= 15 is 0 Å². The van der Waals surface area contributed by atoms with E-state index in [1.54, 1.807) is 24.4 Å². The Morgan fingerprint density at radius 1 is 1.27 bits per heavy atom. The van der Waals surface area contributed by atoms with Crippen molar-refractivity contribution in [3.05, 3.63) is 81.7 Å². The molecular formula is C20H17FN2O3. The monoisotopic (exact) mass is 352 g/mol. The lowest BCUT2D eigenvalue weighted by Crippen LogP contribution is -2.17. The summed E-state index contributed by atoms with van der Waals surface area (Å²) in [5.74, 6) is -0.756. The minimum atomic E-state index is -0.315. The third-order valence-electron chi connectivity index (χ3n) is 4.61. The number of aryl methyl sites for hydroxylation is 1. The average molecular weight is 352 g/mol. The summed E-state index contributed by atoms with van der Waals surface area (Å²) in [6.45, 7) is 1.86. The molecule has 3 aromatic rings. The number of carbonyl (C=O) groups excluding carboxylic acids is 1. The lowest BCUT2D eigenvalue weighted by molar-refractivity contribution is -0.146. The predicted octanol–water partition coefficient (Wildman–Crippen LogP) is 2.99. The third kappa shape index (κ3) is 3.22. The van der Waals surface area contributed by atoms with Gasteiger partial charge in [-0.1, -0.05) is 18.2 Å². The Labute approximate surface area is 149 Å². The van der Waals surface area contributed by atoms with E-state index in [1.165, 1.54) is 22.6 Å². The molecule has 0 saturated heterocycles. The number of nitrogens with zero attached hydrogens (tertiary/aromatic N) is 2. The SMILES string of the molecule is Cc1ccc2nc(COC(=O)C3CC3c3ccc(F)cc3)cc(=O)n2c1. The summed E-state index contributed by atoms with van der Waals surface area (Å²) in [4.78, 5) is 28.7. The van der Waals surface area contributed by atoms with Crippen molar-refractivity contribution in [1.82, 2.24) is 9.38 Å². The van der Waals surface area contributed by atoms with Gasteiger partial charge in [-0.25, -0.2) is 9.37 Å². The largest absolute Gasteiger partial charge is 0.459 e. The molecule has 1 fully saturated rings. The smallest absolute Gasteiger partial charge is 0.309 e. The molecule has 0 radical (unpaired) electrons. The van der Waals surface area contributed by atoms with E-state index in [9.17, 15) is 14.0 Å². The summed E-state index contributed by atoms with van der Waals surface area (Å²) in [6, 6.07) is 11.2. The van der Waals surface area contributed by atoms with Crippen LogP contribution in [-0.2, 0) is 16.1 Å². The second-order valence-corrected chi connectivity index (χ2v) is 6.63. The van der Waals surface area contributed by atoms with Crippen LogP contribution in [-0.4, -0.2) is 15.4 Å². The Balaban J connectivity index is 1.42. The summed E-state index contributed by atoms with van der Waals surface area (Å²) >= 11 is 0. The van der Waals surface area contributed by atoms with Crippen LogP contribution >= 0.6 is 0 Å². The van der Waals surface area contributed by atoms with E-state index in [2.05, 4.69) is 4.98 Å². The molecule has 0 aliphatic heterocycles. The number of esters is 1. The number of carbonyl (C=O) groups is 1. The lowest BCUT2D eigenvalue weighted by Gasteiger charge is -2.06. The first-order chi connectivity index (χ1) is 12.5. The molecule has 0 spiro atoms. The van der Waals surface area contributed by atoms with Crippen molar-refractivity contribution in [2.45, 2.75) is 25.9 Å². The molecule has 1 aliphatic carbocycles. The van der Waals surface area contributed by atoms with Crippen LogP contribution < -0.4 is 5.56 Å². The second-order valence-electron chi connectivity index (χ2n) is 6.63. The van der Waals surface area contributed by atoms with E-state index < -0.39 is 0 Å². The first kappa shape index (κ1) is 16.4. The predicted molar refractivity (Wildman–Crippen MR) is 93.2 cm³/mol. The van der Waals surface area contributed by atoms with Crippen molar-refractivity contribution in [1.29, 1.82) is 0 Å². The molecule has 1 aliphatic rings. The van der Waals surface area contributed by atoms with Crippen LogP contribution in [0.5, 0.6) is 0 Å². The standard InChI is InChI=1S/C20H17FN2O3/c1-12-2-7-18-22-15(8-19(24)23(18)10-12)11-26-20(25)17-9-16(17)13-3-5-14(21)6-4-13/h2-8,10,16-17H,9,11H2,1H3. The molecule has 0 bridgehead atoms. The molecular weight excluding hydrogens is 335 g/mol. The molecule has 2 atom stereocenters. The Kier molecular flexibility index (Phi) is 4.03. The molecule has 26 heavy (non-hydrogen) atoms. The Bertz CT molecular complexity index is 1040. The first-order valence-electron chi connectivity index (χ1n) is 8.42. The fourth-order valence-corrected chi connectivity index (χ4v) is 3.12. The van der Waals surface area contributed by atoms with E-state index in [1.807, 2.05) is 13.0 Å². The zero-order chi connectivity index (χ0) is 18.3. The van der Waals surface area contributed by atoms with Crippen molar-refractivity contribution in [2.24, 2.45) is 5.92 Å². The minimum absolute atomic E-state index is 0.0366. The van der Waals surface area contributed by atoms with E-state index in [-0.39, 0.29) is 35.8 Å². The van der Waals surface area contributed by atoms with E-state index in [0.717, 1.165) is 11.1 Å². The number of halogens is 1. The molecule has 6 heteroatoms. The molecule has 1 saturated carbocycles. The van der Waals surface area contributed by atoms with Crippen molar-refractivity contribution < 1.29 is 13.9 Å². The zero-order valence-electron chi connectivity index (χ0n) is 14.2. The van der Waals surface area contributed by atoms with Gasteiger partial charge >= 0.3 is 5.97 Å². The van der Waals surface area contributed by atoms with Gasteiger partial charge in [-0.05, 0) is 48.6 Å². The third-order valence-corrected chi connectivity index (χ3v) is 4.61. The van der Waals surface area contributed by atoms with Crippen LogP contribution in [0.3, 0.4) is 0 Å². The van der Waals surface area contributed by atoms with Gasteiger partial charge in [0.2, 0.25) is 0 Å². The average Bonchev–Trinajstić information content (AvgIpc) is 3.42. The number of hydrogen-bond donors (Lipinski definition) is 0. The zero-order valence-corrected chi connectivity index (χ0v) is 14.2. The topological polar surface area (TPSA) is 60.7 Å². The van der Waals surface area contributed by atoms with Crippen LogP contribution in [0.2, 0.25) is 0 Å². The lowest BCUT2D eigenvalue weighted by atomic mass is 10.1. The van der Waals surface area contributed by atoms with Crippen molar-refractivity contribution in [3.63, 3.8) is 0 Å². The highest BCUT2D eigenvalue weighted by atomic mass is 19.1. The van der Waals surface area contributed by atoms with Gasteiger partial charge in [-0.2, -0.15) is 0 Å². The van der Waals surface area contributed by atoms with E-state index in [0.29, 0.717) is 17.8 Å². The highest BCUT2D eigenvalue weighted by Gasteiger charge is 2.45. The number of ether oxygens (including phenoxy) is 1. The molecule has 2 unspecified atom stereocenters. The summed E-state index contributed by atoms with van der Waals surface area (Å²) in [5, 5.41) is 0. The maximum absolute atomic E-state index is 13.0. The van der Waals surface area contributed by atoms with Gasteiger partial charge in [0.05, 0.1) is 11.6 Å². The number of benzene rings is 1. The summed E-state index contributed by atoms with van der Waals surface area (Å²) in [7, 11) is 0. The highest BCUT2D eigenvalue weighted by molar-refractivity contribution is 5.77. The second kappa shape index (κ2) is 6.37. The normalized spacial score (nSPS) is 18.7. The van der Waals surface area contributed by atoms with Gasteiger partial charge in [0.15, 0.2) is 0 Å². The first-order valence-corrected chi connectivity index (χ1v) is 8.42. The molecule has 4 rings (SSSR count). The summed E-state index contributed by atoms with van der Waals surface area (Å²) in [6.07, 6.45) is 2.41. The number of aromatic nitrogens is 2. The highest BCUT2D eigenvalue weighted by Crippen LogP contribution is 2.48. The van der Waals surface area contributed by atoms with Crippen molar-refractivity contribution >= 4 is 11.6 Å². The number of rotatable bonds is 4. The van der Waals surface area contributed by atoms with Crippen LogP contribution in [0.15, 0.2) is 53.5 Å². The molecule has 0 N–H and O–H groups in total. The number of fused-ring (bicyclic) bond motifs is 1. The number of pyridine rings is 1. The fraction of sp³-hybridized carbons (Fsp3) is 0.250. The van der Waals surface area contributed by atoms with Gasteiger partial charge in [-0.15, -0.1) is 0 Å². The van der Waals surface area contributed by atoms with Crippen molar-refractivity contribution in [2.75, 3.05) is 0 Å². The number of hydrogen-bond acceptors (Lipinski definition) is 4. The molecule has 2 aromatic heterocycles. The quantitative estimate of drug-likeness (QED) is 0.677. The Hall–Kier alpha value is -3.02. The van der Waals surface area contributed by atoms with Gasteiger partial charge in [-0.3, -0.25) is 14.0 Å². The fourth-order valence-electron chi connectivity index (χ4n) is 3.12. The van der Waals surface area contributed by atoms with Gasteiger partial charge in [0.1, 0.15) is 18.1 Å². The van der Waals surface area contributed by atoms with Gasteiger partial charge < -0.3 is 4.74 Å². The molecule has 132 valence electrons. The summed E-state index contributed by atoms with van der Waals surface area (Å²) < 4.78 is 19.8. The summed E-state index contributed by atoms with van der Waals surface area (Å²) in [5.41, 5.74) is 2.63. The maximum atomic E-state index is 13.0. The molecule has 0 amide bonds. The van der Waals surface area contributed by atoms with Crippen LogP contribution in [0.25, 0.3) is 5.65 Å². The van der Waals surface area contributed by atoms with Crippen LogP contribution in [0.1, 0.15) is 29.2 Å². The van der Waals surface area contributed by atoms with Gasteiger partial charge in [0, 0.05) is 12.3 Å². The van der Waals surface area contributed by atoms with Gasteiger partial charge in [0.25, 0.3) is 5.56 Å². The Morgan fingerprint density at radius 2 is 2.04 bits per heavy atom. The maximum Gasteiger partial charge on any atom is 0.309 e.